The summed E-state index contributed by atoms with van der Waals surface area (Å²) >= 11 is 0. The van der Waals surface area contributed by atoms with Crippen molar-refractivity contribution < 1.29 is 10.2 Å². The van der Waals surface area contributed by atoms with Crippen LogP contribution in [0, 0.1) is 129 Å². The molecule has 0 aromatic rings. The van der Waals surface area contributed by atoms with Crippen LogP contribution in [0.5, 0.6) is 0 Å². The van der Waals surface area contributed by atoms with Crippen molar-refractivity contribution in [2.45, 2.75) is 345 Å². The first-order valence-corrected chi connectivity index (χ1v) is 34.3. The molecule has 8 fully saturated rings. The van der Waals surface area contributed by atoms with Gasteiger partial charge in [0.2, 0.25) is 0 Å². The van der Waals surface area contributed by atoms with E-state index in [0.717, 1.165) is 144 Å². The molecule has 0 saturated heterocycles. The van der Waals surface area contributed by atoms with Gasteiger partial charge in [-0.05, 0) is 271 Å². The van der Waals surface area contributed by atoms with Crippen molar-refractivity contribution in [3.05, 3.63) is 0 Å². The molecule has 2 heteroatoms. The molecule has 0 aliphatic heterocycles. The van der Waals surface area contributed by atoms with E-state index in [1.807, 2.05) is 13.8 Å². The summed E-state index contributed by atoms with van der Waals surface area (Å²) in [6.45, 7) is 60.0. The molecular formula is C74H148O2. The quantitative estimate of drug-likeness (QED) is 0.254. The second kappa shape index (κ2) is 35.1. The topological polar surface area (TPSA) is 40.5 Å². The Morgan fingerprint density at radius 2 is 0.434 bits per heavy atom. The number of aliphatic hydroxyl groups is 2. The van der Waals surface area contributed by atoms with Gasteiger partial charge in [0, 0.05) is 0 Å². The Morgan fingerprint density at radius 3 is 0.566 bits per heavy atom. The van der Waals surface area contributed by atoms with Gasteiger partial charge in [0.05, 0.1) is 11.2 Å². The highest BCUT2D eigenvalue weighted by atomic mass is 16.3. The van der Waals surface area contributed by atoms with E-state index in [1.54, 1.807) is 0 Å². The van der Waals surface area contributed by atoms with Gasteiger partial charge in [0.25, 0.3) is 0 Å². The Labute approximate surface area is 482 Å². The normalized spacial score (nSPS) is 34.7. The second-order valence-corrected chi connectivity index (χ2v) is 34.0. The zero-order valence-corrected chi connectivity index (χ0v) is 57.4. The maximum atomic E-state index is 9.33. The molecule has 0 unspecified atom stereocenters. The minimum atomic E-state index is -0.324. The first-order chi connectivity index (χ1) is 34.8. The smallest absolute Gasteiger partial charge is 0.0625 e. The van der Waals surface area contributed by atoms with E-state index in [1.165, 1.54) is 128 Å². The lowest BCUT2D eigenvalue weighted by atomic mass is 9.67. The number of hydrogen-bond donors (Lipinski definition) is 2. The lowest BCUT2D eigenvalue weighted by Gasteiger charge is -2.43. The second-order valence-electron chi connectivity index (χ2n) is 34.0. The van der Waals surface area contributed by atoms with E-state index in [4.69, 9.17) is 0 Å². The Bertz CT molecular complexity index is 1270. The highest BCUT2D eigenvalue weighted by Crippen LogP contribution is 2.44. The van der Waals surface area contributed by atoms with Crippen molar-refractivity contribution in [2.24, 2.45) is 129 Å². The third kappa shape index (κ3) is 31.4. The van der Waals surface area contributed by atoms with E-state index < -0.39 is 0 Å². The van der Waals surface area contributed by atoms with Crippen LogP contribution in [-0.2, 0) is 0 Å². The lowest BCUT2D eigenvalue weighted by molar-refractivity contribution is -0.0717. The highest BCUT2D eigenvalue weighted by Gasteiger charge is 2.40. The van der Waals surface area contributed by atoms with Crippen LogP contribution in [0.4, 0.5) is 0 Å². The zero-order chi connectivity index (χ0) is 58.5. The van der Waals surface area contributed by atoms with E-state index in [2.05, 4.69) is 166 Å². The van der Waals surface area contributed by atoms with Gasteiger partial charge in [0.1, 0.15) is 0 Å². The van der Waals surface area contributed by atoms with E-state index in [0.29, 0.717) is 10.8 Å². The number of rotatable bonds is 8. The molecule has 0 amide bonds. The van der Waals surface area contributed by atoms with Crippen LogP contribution in [0.3, 0.4) is 0 Å². The molecule has 8 aliphatic carbocycles. The van der Waals surface area contributed by atoms with Gasteiger partial charge in [0.15, 0.2) is 0 Å². The summed E-state index contributed by atoms with van der Waals surface area (Å²) in [4.78, 5) is 0. The summed E-state index contributed by atoms with van der Waals surface area (Å²) < 4.78 is 0. The lowest BCUT2D eigenvalue weighted by Crippen LogP contribution is -2.42. The Hall–Kier alpha value is -0.0800. The minimum absolute atomic E-state index is 0.324. The molecule has 0 aromatic heterocycles. The number of hydrogen-bond acceptors (Lipinski definition) is 2. The van der Waals surface area contributed by atoms with E-state index in [9.17, 15) is 10.2 Å². The average molecular weight is 1070 g/mol. The van der Waals surface area contributed by atoms with Gasteiger partial charge >= 0.3 is 0 Å². The van der Waals surface area contributed by atoms with Crippen LogP contribution in [0.15, 0.2) is 0 Å². The van der Waals surface area contributed by atoms with Gasteiger partial charge in [-0.1, -0.05) is 192 Å². The molecule has 8 saturated carbocycles. The van der Waals surface area contributed by atoms with Gasteiger partial charge < -0.3 is 10.2 Å². The van der Waals surface area contributed by atoms with Gasteiger partial charge in [-0.25, -0.2) is 0 Å². The molecule has 2 N–H and O–H groups in total. The molecule has 0 atom stereocenters. The van der Waals surface area contributed by atoms with Crippen LogP contribution < -0.4 is 0 Å². The average Bonchev–Trinajstić information content (AvgIpc) is 3.26. The van der Waals surface area contributed by atoms with Crippen LogP contribution in [-0.4, -0.2) is 21.4 Å². The van der Waals surface area contributed by atoms with Crippen LogP contribution >= 0.6 is 0 Å². The predicted octanol–water partition coefficient (Wildman–Crippen LogP) is 23.6. The molecule has 8 aliphatic rings. The first-order valence-electron chi connectivity index (χ1n) is 34.3. The fourth-order valence-electron chi connectivity index (χ4n) is 14.2. The van der Waals surface area contributed by atoms with Crippen molar-refractivity contribution >= 4 is 0 Å². The molecule has 456 valence electrons. The van der Waals surface area contributed by atoms with Crippen molar-refractivity contribution in [2.75, 3.05) is 0 Å². The molecule has 8 rings (SSSR count). The molecule has 0 heterocycles. The van der Waals surface area contributed by atoms with Crippen molar-refractivity contribution in [1.29, 1.82) is 0 Å². The standard InChI is InChI=1S/2C11H22.2C10H20.2C8H16O.2C8H16/c2*1-9(2)10-5-7-11(3,4)8-6-10;2*1-8(2)10-6-4-9(3)5-7-10;2*1-6(2)7-4-8(3,9)5-7;2*1-6(2)8-4-7(3)5-8/h2*9-10H,5-8H2,1-4H3;2*8-10H,4-7H2,1-3H3;2*6-7,9H,4-5H2,1-3H3;2*6-8H,4-5H2,1-3H3. The summed E-state index contributed by atoms with van der Waals surface area (Å²) in [6.07, 6.45) is 33.4. The zero-order valence-electron chi connectivity index (χ0n) is 57.4. The summed E-state index contributed by atoms with van der Waals surface area (Å²) in [5, 5.41) is 18.7. The maximum absolute atomic E-state index is 9.33. The molecule has 0 aromatic carbocycles. The van der Waals surface area contributed by atoms with Crippen LogP contribution in [0.1, 0.15) is 334 Å². The van der Waals surface area contributed by atoms with Crippen molar-refractivity contribution in [3.63, 3.8) is 0 Å². The molecule has 76 heavy (non-hydrogen) atoms. The largest absolute Gasteiger partial charge is 0.390 e. The van der Waals surface area contributed by atoms with E-state index in [-0.39, 0.29) is 11.2 Å². The summed E-state index contributed by atoms with van der Waals surface area (Å²) in [7, 11) is 0. The molecule has 0 spiro atoms. The first kappa shape index (κ1) is 73.9. The summed E-state index contributed by atoms with van der Waals surface area (Å²) in [6, 6.07) is 0. The monoisotopic (exact) mass is 1070 g/mol. The third-order valence-corrected chi connectivity index (χ3v) is 22.1. The fraction of sp³-hybridized carbons (Fsp3) is 1.00. The third-order valence-electron chi connectivity index (χ3n) is 22.1. The van der Waals surface area contributed by atoms with E-state index >= 15 is 0 Å². The Kier molecular flexibility index (Phi) is 34.2. The maximum Gasteiger partial charge on any atom is 0.0625 e. The predicted molar refractivity (Wildman–Crippen MR) is 343 cm³/mol. The molecular weight excluding hydrogens is 921 g/mol. The summed E-state index contributed by atoms with van der Waals surface area (Å²) in [5.74, 6) is 18.9. The van der Waals surface area contributed by atoms with Gasteiger partial charge in [-0.2, -0.15) is 0 Å². The molecule has 2 nitrogen and oxygen atoms in total. The SMILES string of the molecule is CC(C)C1CC(C)(O)C1.CC(C)C1CC(C)(O)C1.CC(C)C1CCC(C)(C)CC1.CC(C)C1CCC(C)(C)CC1.CC1CC(C(C)C)C1.CC1CC(C(C)C)C1.CC1CCC(C(C)C)CC1.CC1CCC(C(C)C)CC1. The Morgan fingerprint density at radius 1 is 0.250 bits per heavy atom. The van der Waals surface area contributed by atoms with Crippen molar-refractivity contribution in [1.82, 2.24) is 0 Å². The van der Waals surface area contributed by atoms with Crippen molar-refractivity contribution in [3.8, 4) is 0 Å². The highest BCUT2D eigenvalue weighted by molar-refractivity contribution is 4.92. The van der Waals surface area contributed by atoms with Gasteiger partial charge in [-0.15, -0.1) is 0 Å². The van der Waals surface area contributed by atoms with Gasteiger partial charge in [-0.3, -0.25) is 0 Å². The van der Waals surface area contributed by atoms with Crippen LogP contribution in [0.2, 0.25) is 0 Å². The molecule has 0 bridgehead atoms. The minimum Gasteiger partial charge on any atom is -0.390 e. The Balaban J connectivity index is 0.000000435. The fourth-order valence-corrected chi connectivity index (χ4v) is 14.2. The van der Waals surface area contributed by atoms with Crippen LogP contribution in [0.25, 0.3) is 0 Å². The molecule has 0 radical (unpaired) electrons. The summed E-state index contributed by atoms with van der Waals surface area (Å²) in [5.41, 5.74) is 0.640.